The Morgan fingerprint density at radius 3 is 2.60 bits per heavy atom. The first kappa shape index (κ1) is 17.9. The molecule has 30 heavy (non-hydrogen) atoms. The zero-order valence-electron chi connectivity index (χ0n) is 16.7. The van der Waals surface area contributed by atoms with E-state index in [4.69, 9.17) is 9.47 Å². The number of fused-ring (bicyclic) bond motifs is 2. The predicted molar refractivity (Wildman–Crippen MR) is 109 cm³/mol. The summed E-state index contributed by atoms with van der Waals surface area (Å²) >= 11 is 0. The van der Waals surface area contributed by atoms with E-state index in [0.717, 1.165) is 55.5 Å². The summed E-state index contributed by atoms with van der Waals surface area (Å²) in [5, 5.41) is 13.7. The van der Waals surface area contributed by atoms with Gasteiger partial charge < -0.3 is 14.5 Å². The number of rotatable bonds is 4. The molecule has 1 aromatic carbocycles. The molecule has 3 aromatic rings. The molecule has 1 atom stereocenters. The Morgan fingerprint density at radius 1 is 1.03 bits per heavy atom. The van der Waals surface area contributed by atoms with E-state index < -0.39 is 0 Å². The normalized spacial score (nSPS) is 20.4. The van der Waals surface area contributed by atoms with Crippen molar-refractivity contribution >= 4 is 10.9 Å². The summed E-state index contributed by atoms with van der Waals surface area (Å²) in [6.45, 7) is 2.07. The predicted octanol–water partition coefficient (Wildman–Crippen LogP) is 2.54. The largest absolute Gasteiger partial charge is 0.454 e. The number of aromatic amines is 1. The van der Waals surface area contributed by atoms with Crippen LogP contribution in [-0.2, 0) is 0 Å². The summed E-state index contributed by atoms with van der Waals surface area (Å²) < 4.78 is 13.0. The van der Waals surface area contributed by atoms with Gasteiger partial charge in [-0.2, -0.15) is 0 Å². The van der Waals surface area contributed by atoms with Crippen LogP contribution in [0.5, 0.6) is 11.5 Å². The molecule has 3 aliphatic rings. The Labute approximate surface area is 173 Å². The molecule has 4 heterocycles. The number of nitrogens with one attached hydrogen (secondary N) is 1. The highest BCUT2D eigenvalue weighted by Gasteiger charge is 2.34. The van der Waals surface area contributed by atoms with Gasteiger partial charge in [0.2, 0.25) is 6.79 Å². The van der Waals surface area contributed by atoms with Crippen LogP contribution in [0.15, 0.2) is 23.0 Å². The Bertz CT molecular complexity index is 1140. The van der Waals surface area contributed by atoms with Gasteiger partial charge in [-0.3, -0.25) is 9.69 Å². The van der Waals surface area contributed by atoms with Crippen LogP contribution in [-0.4, -0.2) is 50.0 Å². The second-order valence-corrected chi connectivity index (χ2v) is 8.41. The Balaban J connectivity index is 1.50. The average Bonchev–Trinajstić information content (AvgIpc) is 3.54. The van der Waals surface area contributed by atoms with Crippen molar-refractivity contribution in [3.8, 4) is 11.5 Å². The van der Waals surface area contributed by atoms with Crippen molar-refractivity contribution in [3.63, 3.8) is 0 Å². The number of H-pyrrole nitrogens is 1. The fourth-order valence-electron chi connectivity index (χ4n) is 5.10. The van der Waals surface area contributed by atoms with Crippen molar-refractivity contribution < 1.29 is 9.47 Å². The lowest BCUT2D eigenvalue weighted by molar-refractivity contribution is 0.174. The maximum absolute atomic E-state index is 13.2. The van der Waals surface area contributed by atoms with Gasteiger partial charge in [0.1, 0.15) is 6.04 Å². The number of benzene rings is 1. The highest BCUT2D eigenvalue weighted by molar-refractivity contribution is 5.83. The van der Waals surface area contributed by atoms with Crippen molar-refractivity contribution in [1.29, 1.82) is 0 Å². The molecular formula is C21H24N6O3. The van der Waals surface area contributed by atoms with Gasteiger partial charge >= 0.3 is 0 Å². The van der Waals surface area contributed by atoms with Crippen molar-refractivity contribution in [2.24, 2.45) is 0 Å². The van der Waals surface area contributed by atoms with E-state index in [1.54, 1.807) is 0 Å². The van der Waals surface area contributed by atoms with Crippen molar-refractivity contribution in [1.82, 2.24) is 30.1 Å². The van der Waals surface area contributed by atoms with E-state index in [-0.39, 0.29) is 18.4 Å². The van der Waals surface area contributed by atoms with Crippen molar-refractivity contribution in [2.45, 2.75) is 50.6 Å². The van der Waals surface area contributed by atoms with Crippen LogP contribution >= 0.6 is 0 Å². The Kier molecular flexibility index (Phi) is 4.22. The van der Waals surface area contributed by atoms with Crippen molar-refractivity contribution in [2.75, 3.05) is 19.9 Å². The standard InChI is InChI=1S/C21H24N6O3/c28-21-15(9-13-10-17-18(30-12-29-17)11-16(13)22-21)19(26-7-3-4-8-26)20-23-24-25-27(20)14-5-1-2-6-14/h9-11,14,19H,1-8,12H2,(H,22,28)/t19-/m0/s1. The molecule has 1 saturated carbocycles. The average molecular weight is 408 g/mol. The summed E-state index contributed by atoms with van der Waals surface area (Å²) in [4.78, 5) is 18.6. The molecule has 0 unspecified atom stereocenters. The minimum absolute atomic E-state index is 0.112. The molecule has 1 N–H and O–H groups in total. The molecule has 0 amide bonds. The molecular weight excluding hydrogens is 384 g/mol. The number of tetrazole rings is 1. The molecule has 6 rings (SSSR count). The zero-order chi connectivity index (χ0) is 20.1. The summed E-state index contributed by atoms with van der Waals surface area (Å²) in [6.07, 6.45) is 6.80. The third-order valence-electron chi connectivity index (χ3n) is 6.60. The molecule has 2 aromatic heterocycles. The van der Waals surface area contributed by atoms with Crippen LogP contribution in [0.3, 0.4) is 0 Å². The van der Waals surface area contributed by atoms with E-state index >= 15 is 0 Å². The molecule has 9 nitrogen and oxygen atoms in total. The summed E-state index contributed by atoms with van der Waals surface area (Å²) in [5.41, 5.74) is 1.31. The molecule has 9 heteroatoms. The van der Waals surface area contributed by atoms with Crippen LogP contribution in [0.25, 0.3) is 10.9 Å². The maximum Gasteiger partial charge on any atom is 0.253 e. The van der Waals surface area contributed by atoms with E-state index in [0.29, 0.717) is 23.1 Å². The van der Waals surface area contributed by atoms with Gasteiger partial charge in [0, 0.05) is 17.0 Å². The second-order valence-electron chi connectivity index (χ2n) is 8.41. The van der Waals surface area contributed by atoms with Crippen LogP contribution in [0.1, 0.15) is 62.0 Å². The monoisotopic (exact) mass is 408 g/mol. The smallest absolute Gasteiger partial charge is 0.253 e. The first-order chi connectivity index (χ1) is 14.8. The van der Waals surface area contributed by atoms with Crippen LogP contribution in [0.2, 0.25) is 0 Å². The molecule has 2 aliphatic heterocycles. The van der Waals surface area contributed by atoms with Gasteiger partial charge in [-0.15, -0.1) is 5.10 Å². The summed E-state index contributed by atoms with van der Waals surface area (Å²) in [7, 11) is 0. The number of hydrogen-bond acceptors (Lipinski definition) is 7. The summed E-state index contributed by atoms with van der Waals surface area (Å²) in [5.74, 6) is 2.13. The highest BCUT2D eigenvalue weighted by atomic mass is 16.7. The lowest BCUT2D eigenvalue weighted by Crippen LogP contribution is -2.33. The lowest BCUT2D eigenvalue weighted by atomic mass is 10.0. The SMILES string of the molecule is O=c1[nH]c2cc3c(cc2cc1[C@@H](c1nnnn1C1CCCC1)N1CCCC1)OCO3. The van der Waals surface area contributed by atoms with E-state index in [1.165, 1.54) is 12.8 Å². The number of pyridine rings is 1. The van der Waals surface area contributed by atoms with Crippen LogP contribution < -0.4 is 15.0 Å². The number of ether oxygens (including phenoxy) is 2. The molecule has 156 valence electrons. The fraction of sp³-hybridized carbons (Fsp3) is 0.524. The first-order valence-electron chi connectivity index (χ1n) is 10.8. The van der Waals surface area contributed by atoms with Crippen LogP contribution in [0, 0.1) is 0 Å². The minimum Gasteiger partial charge on any atom is -0.454 e. The Morgan fingerprint density at radius 2 is 1.80 bits per heavy atom. The number of aromatic nitrogens is 5. The third-order valence-corrected chi connectivity index (χ3v) is 6.60. The number of nitrogens with zero attached hydrogens (tertiary/aromatic N) is 5. The first-order valence-corrected chi connectivity index (χ1v) is 10.8. The van der Waals surface area contributed by atoms with E-state index in [9.17, 15) is 4.79 Å². The van der Waals surface area contributed by atoms with Gasteiger partial charge in [-0.05, 0) is 61.3 Å². The van der Waals surface area contributed by atoms with Gasteiger partial charge in [-0.1, -0.05) is 12.8 Å². The number of likely N-dealkylation sites (tertiary alicyclic amines) is 1. The quantitative estimate of drug-likeness (QED) is 0.708. The molecule has 1 saturated heterocycles. The molecule has 2 fully saturated rings. The van der Waals surface area contributed by atoms with Gasteiger partial charge in [0.25, 0.3) is 5.56 Å². The third kappa shape index (κ3) is 2.87. The molecule has 0 spiro atoms. The van der Waals surface area contributed by atoms with Gasteiger partial charge in [-0.25, -0.2) is 4.68 Å². The number of hydrogen-bond donors (Lipinski definition) is 1. The van der Waals surface area contributed by atoms with Crippen LogP contribution in [0.4, 0.5) is 0 Å². The molecule has 0 bridgehead atoms. The lowest BCUT2D eigenvalue weighted by Gasteiger charge is -2.27. The maximum atomic E-state index is 13.2. The van der Waals surface area contributed by atoms with E-state index in [1.807, 2.05) is 22.9 Å². The van der Waals surface area contributed by atoms with E-state index in [2.05, 4.69) is 25.4 Å². The van der Waals surface area contributed by atoms with Gasteiger partial charge in [0.15, 0.2) is 17.3 Å². The summed E-state index contributed by atoms with van der Waals surface area (Å²) in [6, 6.07) is 5.77. The Hall–Kier alpha value is -2.94. The topological polar surface area (TPSA) is 98.2 Å². The minimum atomic E-state index is -0.262. The molecule has 0 radical (unpaired) electrons. The fourth-order valence-corrected chi connectivity index (χ4v) is 5.10. The second kappa shape index (κ2) is 7.09. The molecule has 1 aliphatic carbocycles. The zero-order valence-corrected chi connectivity index (χ0v) is 16.7. The van der Waals surface area contributed by atoms with Gasteiger partial charge in [0.05, 0.1) is 11.6 Å². The highest BCUT2D eigenvalue weighted by Crippen LogP contribution is 2.38. The van der Waals surface area contributed by atoms with Crippen molar-refractivity contribution in [3.05, 3.63) is 39.9 Å².